The van der Waals surface area contributed by atoms with Crippen molar-refractivity contribution in [1.29, 1.82) is 0 Å². The molecule has 4 amide bonds. The van der Waals surface area contributed by atoms with Gasteiger partial charge in [-0.2, -0.15) is 5.10 Å². The molecule has 2 atom stereocenters. The van der Waals surface area contributed by atoms with Gasteiger partial charge in [0, 0.05) is 17.9 Å². The fraction of sp³-hybridized carbons (Fsp3) is 0.294. The van der Waals surface area contributed by atoms with E-state index in [1.165, 1.54) is 12.1 Å². The van der Waals surface area contributed by atoms with E-state index in [1.807, 2.05) is 0 Å². The highest BCUT2D eigenvalue weighted by Gasteiger charge is 2.55. The lowest BCUT2D eigenvalue weighted by atomic mass is 9.95. The Hall–Kier alpha value is -3.07. The molecule has 0 aromatic heterocycles. The van der Waals surface area contributed by atoms with Gasteiger partial charge in [0.05, 0.1) is 12.2 Å². The second-order valence-corrected chi connectivity index (χ2v) is 6.80. The number of hydrazone groups is 1. The number of hydrogen-bond acceptors (Lipinski definition) is 7. The van der Waals surface area contributed by atoms with E-state index in [0.29, 0.717) is 10.7 Å². The number of likely N-dealkylation sites (tertiary alicyclic amines) is 1. The van der Waals surface area contributed by atoms with E-state index in [9.17, 15) is 24.0 Å². The number of carbonyl (C=O) groups excluding carboxylic acids is 5. The van der Waals surface area contributed by atoms with Crippen LogP contribution in [0, 0.1) is 5.92 Å². The van der Waals surface area contributed by atoms with Crippen molar-refractivity contribution < 1.29 is 24.0 Å². The SMILES string of the molecule is O=C(CN1C(=O)CCC1=O)C1=NNC2C(=O)N(c3ccc(Cl)cc3)C(=O)C12. The number of halogens is 1. The van der Waals surface area contributed by atoms with Crippen molar-refractivity contribution >= 4 is 52.4 Å². The maximum Gasteiger partial charge on any atom is 0.259 e. The molecule has 1 aromatic carbocycles. The molecule has 0 aliphatic carbocycles. The highest BCUT2D eigenvalue weighted by atomic mass is 35.5. The van der Waals surface area contributed by atoms with Crippen LogP contribution in [0.25, 0.3) is 0 Å². The van der Waals surface area contributed by atoms with Crippen LogP contribution in [-0.2, 0) is 24.0 Å². The van der Waals surface area contributed by atoms with Gasteiger partial charge in [-0.25, -0.2) is 4.90 Å². The topological polar surface area (TPSA) is 116 Å². The van der Waals surface area contributed by atoms with Crippen molar-refractivity contribution in [2.75, 3.05) is 11.4 Å². The van der Waals surface area contributed by atoms with Crippen LogP contribution < -0.4 is 10.3 Å². The Kier molecular flexibility index (Phi) is 4.03. The van der Waals surface area contributed by atoms with Crippen LogP contribution >= 0.6 is 11.6 Å². The van der Waals surface area contributed by atoms with E-state index in [0.717, 1.165) is 9.80 Å². The smallest absolute Gasteiger partial charge is 0.259 e. The second kappa shape index (κ2) is 6.27. The summed E-state index contributed by atoms with van der Waals surface area (Å²) >= 11 is 5.83. The Bertz CT molecular complexity index is 910. The summed E-state index contributed by atoms with van der Waals surface area (Å²) in [4.78, 5) is 63.2. The summed E-state index contributed by atoms with van der Waals surface area (Å²) in [5, 5.41) is 4.29. The molecule has 0 radical (unpaired) electrons. The molecular formula is C17H13ClN4O5. The van der Waals surface area contributed by atoms with Crippen LogP contribution in [0.15, 0.2) is 29.4 Å². The first-order chi connectivity index (χ1) is 12.9. The fourth-order valence-electron chi connectivity index (χ4n) is 3.39. The summed E-state index contributed by atoms with van der Waals surface area (Å²) in [6, 6.07) is 5.16. The lowest BCUT2D eigenvalue weighted by molar-refractivity contribution is -0.140. The lowest BCUT2D eigenvalue weighted by Gasteiger charge is -2.16. The number of imide groups is 2. The molecule has 27 heavy (non-hydrogen) atoms. The summed E-state index contributed by atoms with van der Waals surface area (Å²) in [5.74, 6) is -3.73. The number of fused-ring (bicyclic) bond motifs is 1. The number of hydrogen-bond donors (Lipinski definition) is 1. The Morgan fingerprint density at radius 2 is 1.70 bits per heavy atom. The quantitative estimate of drug-likeness (QED) is 0.718. The normalized spacial score (nSPS) is 24.4. The number of Topliss-reactive ketones (excluding diaryl/α,β-unsaturated/α-hetero) is 1. The van der Waals surface area contributed by atoms with Crippen molar-refractivity contribution in [3.05, 3.63) is 29.3 Å². The Morgan fingerprint density at radius 3 is 2.33 bits per heavy atom. The number of nitrogens with zero attached hydrogens (tertiary/aromatic N) is 3. The second-order valence-electron chi connectivity index (χ2n) is 6.37. The molecule has 138 valence electrons. The molecular weight excluding hydrogens is 376 g/mol. The minimum absolute atomic E-state index is 0.0602. The molecule has 1 aromatic rings. The third-order valence-corrected chi connectivity index (χ3v) is 5.00. The minimum Gasteiger partial charge on any atom is -0.296 e. The lowest BCUT2D eigenvalue weighted by Crippen LogP contribution is -2.41. The molecule has 3 aliphatic heterocycles. The van der Waals surface area contributed by atoms with Crippen molar-refractivity contribution in [1.82, 2.24) is 10.3 Å². The Labute approximate surface area is 157 Å². The number of amides is 4. The van der Waals surface area contributed by atoms with E-state index >= 15 is 0 Å². The first kappa shape index (κ1) is 17.3. The monoisotopic (exact) mass is 388 g/mol. The van der Waals surface area contributed by atoms with E-state index < -0.39 is 47.9 Å². The van der Waals surface area contributed by atoms with Gasteiger partial charge in [0.1, 0.15) is 17.7 Å². The van der Waals surface area contributed by atoms with Crippen molar-refractivity contribution in [3.8, 4) is 0 Å². The first-order valence-corrected chi connectivity index (χ1v) is 8.59. The number of anilines is 1. The number of carbonyl (C=O) groups is 5. The highest BCUT2D eigenvalue weighted by molar-refractivity contribution is 6.49. The predicted molar refractivity (Wildman–Crippen MR) is 92.8 cm³/mol. The maximum atomic E-state index is 12.8. The molecule has 3 heterocycles. The molecule has 2 saturated heterocycles. The predicted octanol–water partition coefficient (Wildman–Crippen LogP) is -0.125. The van der Waals surface area contributed by atoms with Gasteiger partial charge in [-0.3, -0.25) is 34.3 Å². The summed E-state index contributed by atoms with van der Waals surface area (Å²) < 4.78 is 0. The molecule has 1 N–H and O–H groups in total. The van der Waals surface area contributed by atoms with Crippen LogP contribution in [0.5, 0.6) is 0 Å². The molecule has 2 unspecified atom stereocenters. The summed E-state index contributed by atoms with van der Waals surface area (Å²) in [6.45, 7) is -0.482. The van der Waals surface area contributed by atoms with E-state index in [-0.39, 0.29) is 18.6 Å². The van der Waals surface area contributed by atoms with E-state index in [2.05, 4.69) is 10.5 Å². The van der Waals surface area contributed by atoms with Gasteiger partial charge in [0.2, 0.25) is 17.7 Å². The van der Waals surface area contributed by atoms with Crippen LogP contribution in [0.4, 0.5) is 5.69 Å². The van der Waals surface area contributed by atoms with Gasteiger partial charge in [0.25, 0.3) is 5.91 Å². The van der Waals surface area contributed by atoms with Gasteiger partial charge in [-0.15, -0.1) is 0 Å². The molecule has 0 saturated carbocycles. The zero-order valence-corrected chi connectivity index (χ0v) is 14.6. The number of benzene rings is 1. The number of rotatable bonds is 4. The Morgan fingerprint density at radius 1 is 1.07 bits per heavy atom. The van der Waals surface area contributed by atoms with Gasteiger partial charge in [-0.05, 0) is 24.3 Å². The molecule has 9 nitrogen and oxygen atoms in total. The summed E-state index contributed by atoms with van der Waals surface area (Å²) in [6.07, 6.45) is 0.120. The standard InChI is InChI=1S/C17H13ClN4O5/c18-8-1-3-9(4-2-8)22-16(26)13-14(19-20-15(13)17(22)27)10(23)7-21-11(24)5-6-12(21)25/h1-4,13,15,20H,5-7H2. The Balaban J connectivity index is 1.56. The molecule has 2 fully saturated rings. The molecule has 0 spiro atoms. The van der Waals surface area contributed by atoms with E-state index in [1.54, 1.807) is 12.1 Å². The van der Waals surface area contributed by atoms with Gasteiger partial charge in [-0.1, -0.05) is 11.6 Å². The van der Waals surface area contributed by atoms with Crippen molar-refractivity contribution in [2.24, 2.45) is 11.0 Å². The van der Waals surface area contributed by atoms with Crippen molar-refractivity contribution in [2.45, 2.75) is 18.9 Å². The average molecular weight is 389 g/mol. The highest BCUT2D eigenvalue weighted by Crippen LogP contribution is 2.31. The maximum absolute atomic E-state index is 12.8. The van der Waals surface area contributed by atoms with Gasteiger partial charge in [0.15, 0.2) is 5.78 Å². The van der Waals surface area contributed by atoms with E-state index in [4.69, 9.17) is 11.6 Å². The molecule has 0 bridgehead atoms. The van der Waals surface area contributed by atoms with Crippen LogP contribution in [0.1, 0.15) is 12.8 Å². The number of ketones is 1. The zero-order chi connectivity index (χ0) is 19.3. The molecule has 3 aliphatic rings. The molecule has 4 rings (SSSR count). The molecule has 10 heteroatoms. The van der Waals surface area contributed by atoms with Crippen LogP contribution in [0.2, 0.25) is 5.02 Å². The zero-order valence-electron chi connectivity index (χ0n) is 13.8. The fourth-order valence-corrected chi connectivity index (χ4v) is 3.52. The third-order valence-electron chi connectivity index (χ3n) is 4.75. The van der Waals surface area contributed by atoms with Gasteiger partial charge >= 0.3 is 0 Å². The van der Waals surface area contributed by atoms with Crippen LogP contribution in [0.3, 0.4) is 0 Å². The average Bonchev–Trinajstić information content (AvgIpc) is 3.28. The first-order valence-electron chi connectivity index (χ1n) is 8.21. The van der Waals surface area contributed by atoms with Crippen molar-refractivity contribution in [3.63, 3.8) is 0 Å². The number of nitrogens with one attached hydrogen (secondary N) is 1. The summed E-state index contributed by atoms with van der Waals surface area (Å²) in [7, 11) is 0. The summed E-state index contributed by atoms with van der Waals surface area (Å²) in [5.41, 5.74) is 2.71. The van der Waals surface area contributed by atoms with Gasteiger partial charge < -0.3 is 0 Å². The largest absolute Gasteiger partial charge is 0.296 e. The van der Waals surface area contributed by atoms with Crippen LogP contribution in [-0.4, -0.2) is 52.6 Å². The third kappa shape index (κ3) is 2.71. The minimum atomic E-state index is -1.09.